The van der Waals surface area contributed by atoms with Gasteiger partial charge in [-0.25, -0.2) is 0 Å². The minimum atomic E-state index is 0.0992. The van der Waals surface area contributed by atoms with Gasteiger partial charge in [-0.15, -0.1) is 0 Å². The van der Waals surface area contributed by atoms with Crippen molar-refractivity contribution >= 4 is 28.4 Å². The highest BCUT2D eigenvalue weighted by atomic mass is 35.5. The first kappa shape index (κ1) is 18.5. The molecule has 1 amide bonds. The van der Waals surface area contributed by atoms with Crippen molar-refractivity contribution in [2.75, 3.05) is 0 Å². The van der Waals surface area contributed by atoms with E-state index in [1.807, 2.05) is 60.1 Å². The van der Waals surface area contributed by atoms with Crippen molar-refractivity contribution in [3.8, 4) is 11.3 Å². The first-order chi connectivity index (χ1) is 12.6. The minimum Gasteiger partial charge on any atom is -0.354 e. The summed E-state index contributed by atoms with van der Waals surface area (Å²) < 4.78 is 1.98. The van der Waals surface area contributed by atoms with Gasteiger partial charge in [0.2, 0.25) is 5.91 Å². The second-order valence-corrected chi connectivity index (χ2v) is 7.02. The van der Waals surface area contributed by atoms with Crippen molar-refractivity contribution < 1.29 is 4.79 Å². The number of aromatic nitrogens is 2. The molecule has 0 aliphatic rings. The number of hydrogen-bond donors (Lipinski definition) is 1. The molecule has 0 bridgehead atoms. The molecule has 5 heteroatoms. The molecule has 26 heavy (non-hydrogen) atoms. The standard InChI is InChI=1S/C21H24ClN3O/c1-3-15(2)23-20(26)10-7-13-25-19-12-11-17(22)14-18(19)21(24-25)16-8-5-4-6-9-16/h4-6,8-9,11-12,14-15H,3,7,10,13H2,1-2H3,(H,23,26)/t15-/m0/s1. The van der Waals surface area contributed by atoms with Crippen molar-refractivity contribution in [1.82, 2.24) is 15.1 Å². The number of benzene rings is 2. The first-order valence-corrected chi connectivity index (χ1v) is 9.47. The lowest BCUT2D eigenvalue weighted by Crippen LogP contribution is -2.31. The molecule has 0 unspecified atom stereocenters. The van der Waals surface area contributed by atoms with Crippen LogP contribution in [0.2, 0.25) is 5.02 Å². The Hall–Kier alpha value is -2.33. The molecule has 4 nitrogen and oxygen atoms in total. The van der Waals surface area contributed by atoms with Crippen molar-refractivity contribution in [2.24, 2.45) is 0 Å². The van der Waals surface area contributed by atoms with Crippen LogP contribution in [0.1, 0.15) is 33.1 Å². The molecule has 0 aliphatic carbocycles. The molecule has 0 spiro atoms. The fraction of sp³-hybridized carbons (Fsp3) is 0.333. The number of nitrogens with zero attached hydrogens (tertiary/aromatic N) is 2. The van der Waals surface area contributed by atoms with Crippen molar-refractivity contribution in [3.05, 3.63) is 53.6 Å². The smallest absolute Gasteiger partial charge is 0.220 e. The molecule has 0 radical (unpaired) electrons. The summed E-state index contributed by atoms with van der Waals surface area (Å²) in [6.45, 7) is 4.78. The quantitative estimate of drug-likeness (QED) is 0.633. The molecule has 3 rings (SSSR count). The summed E-state index contributed by atoms with van der Waals surface area (Å²) in [5.74, 6) is 0.0992. The highest BCUT2D eigenvalue weighted by Gasteiger charge is 2.13. The lowest BCUT2D eigenvalue weighted by atomic mass is 10.1. The van der Waals surface area contributed by atoms with Gasteiger partial charge >= 0.3 is 0 Å². The van der Waals surface area contributed by atoms with Crippen molar-refractivity contribution in [3.63, 3.8) is 0 Å². The van der Waals surface area contributed by atoms with Crippen LogP contribution in [0.25, 0.3) is 22.2 Å². The fourth-order valence-corrected chi connectivity index (χ4v) is 3.14. The highest BCUT2D eigenvalue weighted by molar-refractivity contribution is 6.31. The maximum atomic E-state index is 12.0. The number of amides is 1. The number of fused-ring (bicyclic) bond motifs is 1. The number of halogens is 1. The first-order valence-electron chi connectivity index (χ1n) is 9.09. The zero-order valence-corrected chi connectivity index (χ0v) is 16.0. The van der Waals surface area contributed by atoms with E-state index < -0.39 is 0 Å². The summed E-state index contributed by atoms with van der Waals surface area (Å²) in [6, 6.07) is 16.2. The second-order valence-electron chi connectivity index (χ2n) is 6.58. The monoisotopic (exact) mass is 369 g/mol. The summed E-state index contributed by atoms with van der Waals surface area (Å²) in [4.78, 5) is 12.0. The summed E-state index contributed by atoms with van der Waals surface area (Å²) in [5, 5.41) is 9.54. The number of rotatable bonds is 7. The lowest BCUT2D eigenvalue weighted by Gasteiger charge is -2.11. The Kier molecular flexibility index (Phi) is 5.94. The molecule has 0 saturated carbocycles. The number of carbonyl (C=O) groups excluding carboxylic acids is 1. The Morgan fingerprint density at radius 2 is 2.00 bits per heavy atom. The van der Waals surface area contributed by atoms with E-state index in [1.165, 1.54) is 0 Å². The maximum absolute atomic E-state index is 12.0. The predicted octanol–water partition coefficient (Wildman–Crippen LogP) is 5.05. The molecule has 2 aromatic carbocycles. The predicted molar refractivity (Wildman–Crippen MR) is 107 cm³/mol. The van der Waals surface area contributed by atoms with E-state index >= 15 is 0 Å². The molecule has 3 aromatic rings. The molecule has 1 N–H and O–H groups in total. The number of hydrogen-bond acceptors (Lipinski definition) is 2. The second kappa shape index (κ2) is 8.37. The van der Waals surface area contributed by atoms with E-state index in [2.05, 4.69) is 12.2 Å². The van der Waals surface area contributed by atoms with Crippen LogP contribution in [-0.4, -0.2) is 21.7 Å². The molecule has 0 aliphatic heterocycles. The van der Waals surface area contributed by atoms with Gasteiger partial charge in [0.15, 0.2) is 0 Å². The van der Waals surface area contributed by atoms with Gasteiger partial charge in [-0.2, -0.15) is 5.10 Å². The van der Waals surface area contributed by atoms with Gasteiger partial charge in [0.05, 0.1) is 5.52 Å². The van der Waals surface area contributed by atoms with Crippen LogP contribution in [-0.2, 0) is 11.3 Å². The normalized spacial score (nSPS) is 12.3. The van der Waals surface area contributed by atoms with Gasteiger partial charge < -0.3 is 5.32 Å². The average Bonchev–Trinajstić information content (AvgIpc) is 3.00. The van der Waals surface area contributed by atoms with Gasteiger partial charge in [0.1, 0.15) is 5.69 Å². The Morgan fingerprint density at radius 1 is 1.23 bits per heavy atom. The Labute approximate surface area is 159 Å². The van der Waals surface area contributed by atoms with Gasteiger partial charge in [-0.05, 0) is 38.0 Å². The molecule has 1 heterocycles. The summed E-state index contributed by atoms with van der Waals surface area (Å²) >= 11 is 6.21. The van der Waals surface area contributed by atoms with E-state index in [0.29, 0.717) is 18.0 Å². The van der Waals surface area contributed by atoms with Crippen LogP contribution in [0.3, 0.4) is 0 Å². The SMILES string of the molecule is CC[C@H](C)NC(=O)CCCn1nc(-c2ccccc2)c2cc(Cl)ccc21. The summed E-state index contributed by atoms with van der Waals surface area (Å²) in [6.07, 6.45) is 2.19. The average molecular weight is 370 g/mol. The van der Waals surface area contributed by atoms with Crippen LogP contribution < -0.4 is 5.32 Å². The largest absolute Gasteiger partial charge is 0.354 e. The minimum absolute atomic E-state index is 0.0992. The van der Waals surface area contributed by atoms with Crippen molar-refractivity contribution in [1.29, 1.82) is 0 Å². The van der Waals surface area contributed by atoms with Gasteiger partial charge in [0.25, 0.3) is 0 Å². The van der Waals surface area contributed by atoms with Crippen LogP contribution >= 0.6 is 11.6 Å². The Morgan fingerprint density at radius 3 is 2.73 bits per heavy atom. The molecule has 136 valence electrons. The maximum Gasteiger partial charge on any atom is 0.220 e. The fourth-order valence-electron chi connectivity index (χ4n) is 2.97. The van der Waals surface area contributed by atoms with Crippen molar-refractivity contribution in [2.45, 2.75) is 45.7 Å². The molecule has 0 fully saturated rings. The topological polar surface area (TPSA) is 46.9 Å². The number of carbonyl (C=O) groups is 1. The third kappa shape index (κ3) is 4.25. The molecule has 1 aromatic heterocycles. The van der Waals surface area contributed by atoms with E-state index in [1.54, 1.807) is 0 Å². The van der Waals surface area contributed by atoms with E-state index in [0.717, 1.165) is 35.0 Å². The zero-order valence-electron chi connectivity index (χ0n) is 15.2. The third-order valence-electron chi connectivity index (χ3n) is 4.55. The highest BCUT2D eigenvalue weighted by Crippen LogP contribution is 2.30. The molecular formula is C21H24ClN3O. The van der Waals surface area contributed by atoms with Crippen LogP contribution in [0.15, 0.2) is 48.5 Å². The number of nitrogens with one attached hydrogen (secondary N) is 1. The van der Waals surface area contributed by atoms with E-state index in [4.69, 9.17) is 16.7 Å². The molecular weight excluding hydrogens is 346 g/mol. The zero-order chi connectivity index (χ0) is 18.5. The Bertz CT molecular complexity index is 889. The number of aryl methyl sites for hydroxylation is 1. The van der Waals surface area contributed by atoms with Crippen LogP contribution in [0, 0.1) is 0 Å². The van der Waals surface area contributed by atoms with E-state index in [-0.39, 0.29) is 11.9 Å². The summed E-state index contributed by atoms with van der Waals surface area (Å²) in [5.41, 5.74) is 3.02. The summed E-state index contributed by atoms with van der Waals surface area (Å²) in [7, 11) is 0. The van der Waals surface area contributed by atoms with Crippen LogP contribution in [0.4, 0.5) is 0 Å². The Balaban J connectivity index is 1.80. The van der Waals surface area contributed by atoms with E-state index in [9.17, 15) is 4.79 Å². The van der Waals surface area contributed by atoms with Gasteiger partial charge in [0, 0.05) is 35.0 Å². The third-order valence-corrected chi connectivity index (χ3v) is 4.79. The molecule has 0 saturated heterocycles. The van der Waals surface area contributed by atoms with Gasteiger partial charge in [-0.3, -0.25) is 9.48 Å². The lowest BCUT2D eigenvalue weighted by molar-refractivity contribution is -0.121. The van der Waals surface area contributed by atoms with Crippen LogP contribution in [0.5, 0.6) is 0 Å². The van der Waals surface area contributed by atoms with Gasteiger partial charge in [-0.1, -0.05) is 48.9 Å². The molecule has 1 atom stereocenters.